The molecule has 5 unspecified atom stereocenters. The summed E-state index contributed by atoms with van der Waals surface area (Å²) >= 11 is 0. The first-order valence-corrected chi connectivity index (χ1v) is 8.25. The Morgan fingerprint density at radius 2 is 1.75 bits per heavy atom. The van der Waals surface area contributed by atoms with E-state index in [9.17, 15) is 4.79 Å². The van der Waals surface area contributed by atoms with Crippen LogP contribution in [0.15, 0.2) is 0 Å². The van der Waals surface area contributed by atoms with Crippen LogP contribution in [0.2, 0.25) is 0 Å². The number of rotatable bonds is 2. The minimum atomic E-state index is 0. The molecule has 2 bridgehead atoms. The van der Waals surface area contributed by atoms with E-state index < -0.39 is 0 Å². The summed E-state index contributed by atoms with van der Waals surface area (Å²) in [5.41, 5.74) is 0. The standard InChI is InChI=1S/C16H26N2O.ClH/c1-18(12-3-2-7-17-8-6-12)16(19)15-13-10-4-5-11(9-10)14(13)15;/h10-15,17H,2-9H2,1H3;1H. The molecule has 1 amide bonds. The molecular weight excluding hydrogens is 272 g/mol. The van der Waals surface area contributed by atoms with Crippen molar-refractivity contribution in [2.45, 2.75) is 44.6 Å². The maximum absolute atomic E-state index is 12.8. The lowest BCUT2D eigenvalue weighted by molar-refractivity contribution is -0.134. The van der Waals surface area contributed by atoms with Crippen LogP contribution >= 0.6 is 12.4 Å². The second-order valence-electron chi connectivity index (χ2n) is 7.30. The summed E-state index contributed by atoms with van der Waals surface area (Å²) in [5.74, 6) is 4.31. The van der Waals surface area contributed by atoms with Gasteiger partial charge in [0, 0.05) is 19.0 Å². The normalized spacial score (nSPS) is 45.2. The number of amides is 1. The highest BCUT2D eigenvalue weighted by molar-refractivity contribution is 5.85. The molecule has 0 radical (unpaired) electrons. The Kier molecular flexibility index (Phi) is 4.02. The van der Waals surface area contributed by atoms with Crippen molar-refractivity contribution in [3.05, 3.63) is 0 Å². The van der Waals surface area contributed by atoms with Crippen molar-refractivity contribution < 1.29 is 4.79 Å². The molecular formula is C16H27ClN2O. The van der Waals surface area contributed by atoms with Crippen LogP contribution in [0, 0.1) is 29.6 Å². The van der Waals surface area contributed by atoms with Gasteiger partial charge in [-0.3, -0.25) is 4.79 Å². The zero-order valence-electron chi connectivity index (χ0n) is 12.4. The Morgan fingerprint density at radius 3 is 2.45 bits per heavy atom. The zero-order chi connectivity index (χ0) is 13.0. The first-order chi connectivity index (χ1) is 9.27. The first kappa shape index (κ1) is 14.6. The van der Waals surface area contributed by atoms with Crippen LogP contribution in [0.1, 0.15) is 38.5 Å². The second kappa shape index (κ2) is 5.49. The van der Waals surface area contributed by atoms with Gasteiger partial charge in [0.25, 0.3) is 0 Å². The molecule has 1 aliphatic heterocycles. The lowest BCUT2D eigenvalue weighted by Gasteiger charge is -2.28. The van der Waals surface area contributed by atoms with Crippen molar-refractivity contribution in [2.24, 2.45) is 29.6 Å². The molecule has 0 aromatic rings. The third kappa shape index (κ3) is 2.18. The van der Waals surface area contributed by atoms with Crippen LogP contribution in [0.5, 0.6) is 0 Å². The number of nitrogens with one attached hydrogen (secondary N) is 1. The number of hydrogen-bond donors (Lipinski definition) is 1. The molecule has 3 nitrogen and oxygen atoms in total. The number of nitrogens with zero attached hydrogens (tertiary/aromatic N) is 1. The van der Waals surface area contributed by atoms with Crippen LogP contribution in [0.4, 0.5) is 0 Å². The third-order valence-corrected chi connectivity index (χ3v) is 6.46. The van der Waals surface area contributed by atoms with Gasteiger partial charge in [0.15, 0.2) is 0 Å². The molecule has 0 spiro atoms. The molecule has 4 rings (SSSR count). The zero-order valence-corrected chi connectivity index (χ0v) is 13.2. The van der Waals surface area contributed by atoms with Gasteiger partial charge in [-0.1, -0.05) is 0 Å². The summed E-state index contributed by atoms with van der Waals surface area (Å²) in [4.78, 5) is 14.9. The minimum absolute atomic E-state index is 0. The molecule has 3 saturated carbocycles. The van der Waals surface area contributed by atoms with E-state index in [0.717, 1.165) is 43.2 Å². The smallest absolute Gasteiger partial charge is 0.226 e. The van der Waals surface area contributed by atoms with Crippen LogP contribution in [0.25, 0.3) is 0 Å². The van der Waals surface area contributed by atoms with Crippen molar-refractivity contribution in [3.8, 4) is 0 Å². The molecule has 3 aliphatic carbocycles. The van der Waals surface area contributed by atoms with Gasteiger partial charge in [0.05, 0.1) is 0 Å². The fourth-order valence-electron chi connectivity index (χ4n) is 5.46. The van der Waals surface area contributed by atoms with Gasteiger partial charge in [-0.25, -0.2) is 0 Å². The third-order valence-electron chi connectivity index (χ3n) is 6.46. The Balaban J connectivity index is 0.00000121. The summed E-state index contributed by atoms with van der Waals surface area (Å²) in [7, 11) is 2.06. The Labute approximate surface area is 128 Å². The van der Waals surface area contributed by atoms with Crippen molar-refractivity contribution in [1.29, 1.82) is 0 Å². The van der Waals surface area contributed by atoms with Crippen molar-refractivity contribution in [1.82, 2.24) is 10.2 Å². The SMILES string of the molecule is CN(C(=O)C1C2C3CCC(C3)C12)C1CCCNCC1.Cl. The topological polar surface area (TPSA) is 32.3 Å². The fourth-order valence-corrected chi connectivity index (χ4v) is 5.46. The van der Waals surface area contributed by atoms with Crippen LogP contribution in [0.3, 0.4) is 0 Å². The number of halogens is 1. The van der Waals surface area contributed by atoms with Gasteiger partial charge in [-0.15, -0.1) is 12.4 Å². The number of fused-ring (bicyclic) bond motifs is 5. The molecule has 1 N–H and O–H groups in total. The average Bonchev–Trinajstić information content (AvgIpc) is 3.01. The molecule has 1 saturated heterocycles. The molecule has 1 heterocycles. The lowest BCUT2D eigenvalue weighted by atomic mass is 10.0. The van der Waals surface area contributed by atoms with E-state index >= 15 is 0 Å². The molecule has 4 heteroatoms. The van der Waals surface area contributed by atoms with Crippen LogP contribution in [-0.4, -0.2) is 37.0 Å². The van der Waals surface area contributed by atoms with Gasteiger partial charge in [0.1, 0.15) is 0 Å². The summed E-state index contributed by atoms with van der Waals surface area (Å²) < 4.78 is 0. The molecule has 4 fully saturated rings. The van der Waals surface area contributed by atoms with E-state index in [1.165, 1.54) is 32.1 Å². The Bertz CT molecular complexity index is 365. The van der Waals surface area contributed by atoms with Crippen molar-refractivity contribution >= 4 is 18.3 Å². The van der Waals surface area contributed by atoms with E-state index in [4.69, 9.17) is 0 Å². The number of carbonyl (C=O) groups is 1. The summed E-state index contributed by atoms with van der Waals surface area (Å²) in [6.45, 7) is 2.20. The van der Waals surface area contributed by atoms with E-state index in [1.54, 1.807) is 0 Å². The van der Waals surface area contributed by atoms with E-state index in [0.29, 0.717) is 17.9 Å². The van der Waals surface area contributed by atoms with Crippen LogP contribution < -0.4 is 5.32 Å². The molecule has 114 valence electrons. The monoisotopic (exact) mass is 298 g/mol. The molecule has 0 aromatic carbocycles. The van der Waals surface area contributed by atoms with Gasteiger partial charge in [-0.2, -0.15) is 0 Å². The molecule has 5 atom stereocenters. The van der Waals surface area contributed by atoms with Crippen molar-refractivity contribution in [3.63, 3.8) is 0 Å². The largest absolute Gasteiger partial charge is 0.342 e. The Morgan fingerprint density at radius 1 is 1.05 bits per heavy atom. The summed E-state index contributed by atoms with van der Waals surface area (Å²) in [5, 5.41) is 3.44. The maximum atomic E-state index is 12.8. The fraction of sp³-hybridized carbons (Fsp3) is 0.938. The highest BCUT2D eigenvalue weighted by Crippen LogP contribution is 2.69. The summed E-state index contributed by atoms with van der Waals surface area (Å²) in [6.07, 6.45) is 7.79. The quantitative estimate of drug-likeness (QED) is 0.848. The predicted molar refractivity (Wildman–Crippen MR) is 81.8 cm³/mol. The van der Waals surface area contributed by atoms with Gasteiger partial charge in [0.2, 0.25) is 5.91 Å². The maximum Gasteiger partial charge on any atom is 0.226 e. The number of carbonyl (C=O) groups excluding carboxylic acids is 1. The molecule has 0 aromatic heterocycles. The van der Waals surface area contributed by atoms with Gasteiger partial charge in [-0.05, 0) is 75.3 Å². The number of hydrogen-bond acceptors (Lipinski definition) is 2. The highest BCUT2D eigenvalue weighted by atomic mass is 35.5. The van der Waals surface area contributed by atoms with Crippen molar-refractivity contribution in [2.75, 3.05) is 20.1 Å². The molecule has 20 heavy (non-hydrogen) atoms. The van der Waals surface area contributed by atoms with Gasteiger partial charge < -0.3 is 10.2 Å². The second-order valence-corrected chi connectivity index (χ2v) is 7.30. The van der Waals surface area contributed by atoms with Crippen LogP contribution in [-0.2, 0) is 4.79 Å². The van der Waals surface area contributed by atoms with Gasteiger partial charge >= 0.3 is 0 Å². The highest BCUT2D eigenvalue weighted by Gasteiger charge is 2.67. The summed E-state index contributed by atoms with van der Waals surface area (Å²) in [6, 6.07) is 0.487. The van der Waals surface area contributed by atoms with E-state index in [2.05, 4.69) is 17.3 Å². The first-order valence-electron chi connectivity index (χ1n) is 8.25. The average molecular weight is 299 g/mol. The predicted octanol–water partition coefficient (Wildman–Crippen LogP) is 2.30. The lowest BCUT2D eigenvalue weighted by Crippen LogP contribution is -2.39. The van der Waals surface area contributed by atoms with E-state index in [-0.39, 0.29) is 12.4 Å². The minimum Gasteiger partial charge on any atom is -0.342 e. The Hall–Kier alpha value is -0.280. The van der Waals surface area contributed by atoms with E-state index in [1.807, 2.05) is 0 Å². The molecule has 4 aliphatic rings.